The van der Waals surface area contributed by atoms with Crippen molar-refractivity contribution in [3.63, 3.8) is 0 Å². The predicted molar refractivity (Wildman–Crippen MR) is 166 cm³/mol. The first-order chi connectivity index (χ1) is 20.9. The van der Waals surface area contributed by atoms with Crippen LogP contribution in [0, 0.1) is 0 Å². The number of sulfone groups is 1. The summed E-state index contributed by atoms with van der Waals surface area (Å²) in [6, 6.07) is 16.5. The van der Waals surface area contributed by atoms with Crippen molar-refractivity contribution in [2.45, 2.75) is 47.6 Å². The summed E-state index contributed by atoms with van der Waals surface area (Å²) in [5, 5.41) is 18.2. The maximum Gasteiger partial charge on any atom is 0.341 e. The zero-order valence-corrected chi connectivity index (χ0v) is 25.6. The third-order valence-corrected chi connectivity index (χ3v) is 10.1. The van der Waals surface area contributed by atoms with Crippen molar-refractivity contribution in [1.29, 1.82) is 0 Å². The number of fused-ring (bicyclic) bond motifs is 2. The number of aromatic carboxylic acids is 2. The molecule has 2 aliphatic rings. The highest BCUT2D eigenvalue weighted by atomic mass is 32.2. The molecule has 0 saturated heterocycles. The Hall–Kier alpha value is -4.42. The first-order valence-corrected chi connectivity index (χ1v) is 16.9. The second kappa shape index (κ2) is 12.3. The van der Waals surface area contributed by atoms with Gasteiger partial charge in [0.05, 0.1) is 17.0 Å². The minimum atomic E-state index is -3.35. The molecule has 4 aromatic rings. The topological polar surface area (TPSA) is 153 Å². The molecule has 0 saturated carbocycles. The van der Waals surface area contributed by atoms with Crippen LogP contribution >= 0.6 is 11.8 Å². The van der Waals surface area contributed by atoms with Crippen LogP contribution in [0.4, 0.5) is 0 Å². The summed E-state index contributed by atoms with van der Waals surface area (Å²) in [5.41, 5.74) is 2.41. The van der Waals surface area contributed by atoms with E-state index in [0.717, 1.165) is 30.2 Å². The van der Waals surface area contributed by atoms with Crippen LogP contribution < -0.4 is 11.1 Å². The Kier molecular flexibility index (Phi) is 8.66. The molecule has 0 spiro atoms. The molecule has 12 heteroatoms. The first-order valence-electron chi connectivity index (χ1n) is 13.8. The van der Waals surface area contributed by atoms with Crippen molar-refractivity contribution in [2.24, 2.45) is 0 Å². The van der Waals surface area contributed by atoms with Gasteiger partial charge >= 0.3 is 11.9 Å². The molecule has 10 nitrogen and oxygen atoms in total. The molecule has 2 heterocycles. The Morgan fingerprint density at radius 2 is 1.23 bits per heavy atom. The third kappa shape index (κ3) is 5.74. The largest absolute Gasteiger partial charge is 0.477 e. The Morgan fingerprint density at radius 1 is 0.750 bits per heavy atom. The van der Waals surface area contributed by atoms with Crippen LogP contribution in [0.1, 0.15) is 67.9 Å². The van der Waals surface area contributed by atoms with Gasteiger partial charge in [-0.25, -0.2) is 18.0 Å². The fourth-order valence-corrected chi connectivity index (χ4v) is 7.83. The van der Waals surface area contributed by atoms with Gasteiger partial charge in [-0.15, -0.1) is 11.8 Å². The summed E-state index contributed by atoms with van der Waals surface area (Å²) >= 11 is 1.70. The molecule has 2 aromatic carbocycles. The number of hydrogen-bond acceptors (Lipinski definition) is 7. The summed E-state index contributed by atoms with van der Waals surface area (Å²) in [7, 11) is -3.35. The van der Waals surface area contributed by atoms with Crippen molar-refractivity contribution in [3.8, 4) is 0 Å². The Bertz CT molecular complexity index is 2010. The van der Waals surface area contributed by atoms with E-state index in [0.29, 0.717) is 18.4 Å². The number of carbonyl (C=O) groups is 2. The van der Waals surface area contributed by atoms with E-state index in [1.807, 2.05) is 18.4 Å². The summed E-state index contributed by atoms with van der Waals surface area (Å²) in [5.74, 6) is -2.45. The number of hydrogen-bond donors (Lipinski definition) is 2. The van der Waals surface area contributed by atoms with Crippen molar-refractivity contribution < 1.29 is 28.2 Å². The highest BCUT2D eigenvalue weighted by molar-refractivity contribution is 7.98. The number of carboxylic acid groups (broad SMARTS) is 2. The fourth-order valence-electron chi connectivity index (χ4n) is 6.15. The second-order valence-corrected chi connectivity index (χ2v) is 13.4. The molecule has 0 amide bonds. The van der Waals surface area contributed by atoms with Crippen molar-refractivity contribution in [1.82, 2.24) is 9.13 Å². The molecule has 0 bridgehead atoms. The minimum absolute atomic E-state index is 0.0705. The van der Waals surface area contributed by atoms with E-state index in [1.54, 1.807) is 53.0 Å². The molecule has 2 aromatic heterocycles. The van der Waals surface area contributed by atoms with Gasteiger partial charge in [-0.05, 0) is 90.6 Å². The summed E-state index contributed by atoms with van der Waals surface area (Å²) < 4.78 is 26.7. The Balaban J connectivity index is 0.000000175. The van der Waals surface area contributed by atoms with Crippen LogP contribution in [-0.4, -0.2) is 52.2 Å². The summed E-state index contributed by atoms with van der Waals surface area (Å²) in [6.45, 7) is 0. The van der Waals surface area contributed by atoms with Gasteiger partial charge in [0.1, 0.15) is 11.1 Å². The summed E-state index contributed by atoms with van der Waals surface area (Å²) in [6.07, 6.45) is 9.27. The standard InChI is InChI=1S/C16H15NO5S.C16H15NO3S/c1-23(21,22)14-6-2-4-10-11(14)7-8-13(10)17-9-3-5-12(15(17)18)16(19)20;1-21-14-6-2-4-10-11(14)7-8-13(10)17-9-3-5-12(15(17)18)16(19)20/h2-6,9,13H,7-8H2,1H3,(H,19,20);2-6,9,13H,7-8H2,1H3,(H,19,20). The number of carboxylic acids is 2. The number of thioether (sulfide) groups is 1. The minimum Gasteiger partial charge on any atom is -0.477 e. The van der Waals surface area contributed by atoms with Gasteiger partial charge in [-0.1, -0.05) is 24.3 Å². The van der Waals surface area contributed by atoms with Crippen LogP contribution in [-0.2, 0) is 22.7 Å². The van der Waals surface area contributed by atoms with Crippen molar-refractivity contribution in [3.05, 3.63) is 127 Å². The normalized spacial score (nSPS) is 16.9. The maximum absolute atomic E-state index is 12.4. The van der Waals surface area contributed by atoms with Crippen LogP contribution in [0.2, 0.25) is 0 Å². The highest BCUT2D eigenvalue weighted by Crippen LogP contribution is 2.39. The highest BCUT2D eigenvalue weighted by Gasteiger charge is 2.30. The van der Waals surface area contributed by atoms with Crippen molar-refractivity contribution in [2.75, 3.05) is 12.5 Å². The third-order valence-electron chi connectivity index (χ3n) is 8.09. The lowest BCUT2D eigenvalue weighted by Crippen LogP contribution is -2.28. The van der Waals surface area contributed by atoms with Gasteiger partial charge in [-0.3, -0.25) is 9.59 Å². The zero-order valence-electron chi connectivity index (χ0n) is 24.0. The van der Waals surface area contributed by atoms with E-state index in [9.17, 15) is 27.6 Å². The smallest absolute Gasteiger partial charge is 0.341 e. The van der Waals surface area contributed by atoms with Gasteiger partial charge in [0, 0.05) is 23.5 Å². The van der Waals surface area contributed by atoms with E-state index >= 15 is 0 Å². The van der Waals surface area contributed by atoms with Gasteiger partial charge in [0.2, 0.25) is 0 Å². The van der Waals surface area contributed by atoms with Gasteiger partial charge < -0.3 is 19.3 Å². The van der Waals surface area contributed by atoms with E-state index < -0.39 is 32.9 Å². The quantitative estimate of drug-likeness (QED) is 0.296. The van der Waals surface area contributed by atoms with Crippen LogP contribution in [0.15, 0.2) is 92.4 Å². The molecule has 2 unspecified atom stereocenters. The number of aromatic nitrogens is 2. The lowest BCUT2D eigenvalue weighted by atomic mass is 10.1. The Morgan fingerprint density at radius 3 is 1.70 bits per heavy atom. The Labute approximate surface area is 257 Å². The van der Waals surface area contributed by atoms with Crippen LogP contribution in [0.5, 0.6) is 0 Å². The molecule has 228 valence electrons. The van der Waals surface area contributed by atoms with E-state index in [2.05, 4.69) is 6.07 Å². The molecule has 0 radical (unpaired) electrons. The predicted octanol–water partition coefficient (Wildman–Crippen LogP) is 4.29. The van der Waals surface area contributed by atoms with E-state index in [1.165, 1.54) is 33.2 Å². The molecule has 44 heavy (non-hydrogen) atoms. The molecule has 2 atom stereocenters. The molecular weight excluding hydrogens is 604 g/mol. The fraction of sp³-hybridized carbons (Fsp3) is 0.250. The molecular formula is C32H30N2O8S2. The van der Waals surface area contributed by atoms with Crippen LogP contribution in [0.25, 0.3) is 0 Å². The SMILES string of the molecule is CS(=O)(=O)c1cccc2c1CCC2n1cccc(C(=O)O)c1=O.CSc1cccc2c1CCC2n1cccc(C(=O)O)c1=O. The lowest BCUT2D eigenvalue weighted by Gasteiger charge is -2.16. The van der Waals surface area contributed by atoms with E-state index in [-0.39, 0.29) is 28.1 Å². The zero-order chi connectivity index (χ0) is 31.8. The van der Waals surface area contributed by atoms with Gasteiger partial charge in [0.25, 0.3) is 11.1 Å². The van der Waals surface area contributed by atoms with Gasteiger partial charge in [0.15, 0.2) is 9.84 Å². The lowest BCUT2D eigenvalue weighted by molar-refractivity contribution is 0.0683. The maximum atomic E-state index is 12.4. The number of rotatable bonds is 6. The average molecular weight is 635 g/mol. The monoisotopic (exact) mass is 634 g/mol. The molecule has 0 aliphatic heterocycles. The van der Waals surface area contributed by atoms with Gasteiger partial charge in [-0.2, -0.15) is 0 Å². The second-order valence-electron chi connectivity index (χ2n) is 10.6. The number of benzene rings is 2. The first kappa shape index (κ1) is 31.0. The summed E-state index contributed by atoms with van der Waals surface area (Å²) in [4.78, 5) is 48.4. The molecule has 2 aliphatic carbocycles. The molecule has 6 rings (SSSR count). The van der Waals surface area contributed by atoms with Crippen LogP contribution in [0.3, 0.4) is 0 Å². The molecule has 2 N–H and O–H groups in total. The molecule has 0 fully saturated rings. The number of nitrogens with zero attached hydrogens (tertiary/aromatic N) is 2. The van der Waals surface area contributed by atoms with Crippen molar-refractivity contribution >= 4 is 33.5 Å². The average Bonchev–Trinajstić information content (AvgIpc) is 3.61. The van der Waals surface area contributed by atoms with E-state index in [4.69, 9.17) is 10.2 Å². The number of pyridine rings is 2.